The third-order valence-electron chi connectivity index (χ3n) is 12.3. The fraction of sp³-hybridized carbons (Fsp3) is 0.510. The summed E-state index contributed by atoms with van der Waals surface area (Å²) in [6.45, 7) is 5.13. The molecule has 3 aromatic rings. The summed E-state index contributed by atoms with van der Waals surface area (Å²) in [7, 11) is 0. The molecule has 6 amide bonds. The van der Waals surface area contributed by atoms with Gasteiger partial charge in [0, 0.05) is 67.6 Å². The van der Waals surface area contributed by atoms with E-state index in [9.17, 15) is 28.8 Å². The first kappa shape index (κ1) is 45.0. The van der Waals surface area contributed by atoms with Gasteiger partial charge in [-0.2, -0.15) is 0 Å². The zero-order chi connectivity index (χ0) is 43.1. The molecule has 0 bridgehead atoms. The van der Waals surface area contributed by atoms with Gasteiger partial charge in [-0.25, -0.2) is 0 Å². The number of unbranched alkanes of at least 4 members (excludes halogenated alkanes) is 6. The van der Waals surface area contributed by atoms with Crippen molar-refractivity contribution >= 4 is 35.4 Å². The van der Waals surface area contributed by atoms with E-state index in [2.05, 4.69) is 64.7 Å². The minimum atomic E-state index is -0.772. The molecule has 6 rings (SSSR count). The predicted molar refractivity (Wildman–Crippen MR) is 236 cm³/mol. The summed E-state index contributed by atoms with van der Waals surface area (Å²) in [5.74, 6) is -2.55. The van der Waals surface area contributed by atoms with Crippen molar-refractivity contribution < 1.29 is 28.8 Å². The van der Waals surface area contributed by atoms with Crippen molar-refractivity contribution in [1.82, 2.24) is 31.5 Å². The Bertz CT molecular complexity index is 1870. The molecule has 326 valence electrons. The van der Waals surface area contributed by atoms with Crippen molar-refractivity contribution in [3.05, 3.63) is 107 Å². The van der Waals surface area contributed by atoms with Gasteiger partial charge in [0.15, 0.2) is 0 Å². The highest BCUT2D eigenvalue weighted by molar-refractivity contribution is 5.99. The normalized spacial score (nSPS) is 21.8. The number of hydrogen-bond acceptors (Lipinski definition) is 6. The fourth-order valence-electron chi connectivity index (χ4n) is 8.44. The number of nitrogens with one attached hydrogen (secondary N) is 5. The van der Waals surface area contributed by atoms with E-state index < -0.39 is 17.9 Å². The molecule has 1 saturated heterocycles. The molecular weight excluding hydrogens is 769 g/mol. The molecular formula is C49H64N6O6. The lowest BCUT2D eigenvalue weighted by atomic mass is 9.94. The van der Waals surface area contributed by atoms with Crippen LogP contribution >= 0.6 is 0 Å². The molecule has 3 fully saturated rings. The largest absolute Gasteiger partial charge is 0.354 e. The zero-order valence-electron chi connectivity index (χ0n) is 35.8. The van der Waals surface area contributed by atoms with Gasteiger partial charge in [0.1, 0.15) is 6.04 Å². The Kier molecular flexibility index (Phi) is 16.5. The Morgan fingerprint density at radius 2 is 1.13 bits per heavy atom. The number of likely N-dealkylation sites (tertiary alicyclic amines) is 1. The highest BCUT2D eigenvalue weighted by Gasteiger charge is 2.49. The maximum absolute atomic E-state index is 13.9. The van der Waals surface area contributed by atoms with E-state index in [0.717, 1.165) is 64.2 Å². The average Bonchev–Trinajstić information content (AvgIpc) is 4.19. The molecule has 0 radical (unpaired) electrons. The molecule has 2 aliphatic carbocycles. The summed E-state index contributed by atoms with van der Waals surface area (Å²) in [6.07, 6.45) is 10.1. The molecule has 5 N–H and O–H groups in total. The maximum Gasteiger partial charge on any atom is 0.253 e. The molecule has 7 atom stereocenters. The summed E-state index contributed by atoms with van der Waals surface area (Å²) in [5.41, 5.74) is 3.01. The van der Waals surface area contributed by atoms with Crippen LogP contribution in [0.2, 0.25) is 0 Å². The van der Waals surface area contributed by atoms with E-state index in [1.807, 2.05) is 36.4 Å². The summed E-state index contributed by atoms with van der Waals surface area (Å²) >= 11 is 0. The van der Waals surface area contributed by atoms with Crippen LogP contribution < -0.4 is 26.6 Å². The fourth-order valence-corrected chi connectivity index (χ4v) is 8.44. The van der Waals surface area contributed by atoms with Crippen molar-refractivity contribution in [2.45, 2.75) is 121 Å². The van der Waals surface area contributed by atoms with Crippen LogP contribution in [0.25, 0.3) is 0 Å². The van der Waals surface area contributed by atoms with Crippen molar-refractivity contribution in [3.8, 4) is 0 Å². The number of nitrogens with zero attached hydrogens (tertiary/aromatic N) is 1. The average molecular weight is 833 g/mol. The van der Waals surface area contributed by atoms with E-state index >= 15 is 0 Å². The van der Waals surface area contributed by atoms with Crippen LogP contribution in [0.15, 0.2) is 84.9 Å². The molecule has 61 heavy (non-hydrogen) atoms. The second kappa shape index (κ2) is 22.4. The smallest absolute Gasteiger partial charge is 0.253 e. The maximum atomic E-state index is 13.9. The third-order valence-corrected chi connectivity index (χ3v) is 12.3. The topological polar surface area (TPSA) is 166 Å². The molecule has 0 aromatic heterocycles. The van der Waals surface area contributed by atoms with Crippen LogP contribution in [-0.2, 0) is 19.2 Å². The van der Waals surface area contributed by atoms with E-state index in [0.29, 0.717) is 24.1 Å². The predicted octanol–water partition coefficient (Wildman–Crippen LogP) is 5.99. The van der Waals surface area contributed by atoms with Gasteiger partial charge in [0.05, 0.1) is 11.8 Å². The van der Waals surface area contributed by atoms with E-state index in [-0.39, 0.29) is 85.4 Å². The molecule has 2 saturated carbocycles. The van der Waals surface area contributed by atoms with Gasteiger partial charge in [-0.15, -0.1) is 0 Å². The van der Waals surface area contributed by atoms with Gasteiger partial charge in [-0.1, -0.05) is 113 Å². The summed E-state index contributed by atoms with van der Waals surface area (Å²) < 4.78 is 0. The lowest BCUT2D eigenvalue weighted by Gasteiger charge is -2.19. The zero-order valence-corrected chi connectivity index (χ0v) is 35.8. The molecule has 12 nitrogen and oxygen atoms in total. The van der Waals surface area contributed by atoms with Gasteiger partial charge in [-0.05, 0) is 67.5 Å². The second-order valence-corrected chi connectivity index (χ2v) is 17.1. The standard InChI is InChI=1S/C49H64N6O6/c1-3-5-7-15-21-44(56)52-41(48(60)50-27-16-8-6-4-2)26-28-51-45(57)35-22-24-36(25-23-35)49(61)55-31-39(46(58)53-42-29-37(42)33-17-11-9-12-18-33)40(32-55)47(59)54-43-30-38(43)34-19-13-10-14-20-34/h9-14,17-20,22-25,37-43H,3-8,15-16,21,26-32H2,1-2H3,(H,50,60)(H,51,57)(H,52,56)(H,53,58)(H,54,59)/t37-,38-,39-,40-,41-,42+,43+/m1/s1. The highest BCUT2D eigenvalue weighted by Crippen LogP contribution is 2.42. The van der Waals surface area contributed by atoms with E-state index in [1.165, 1.54) is 11.1 Å². The van der Waals surface area contributed by atoms with Crippen LogP contribution in [0.3, 0.4) is 0 Å². The quantitative estimate of drug-likeness (QED) is 0.0737. The first-order valence-electron chi connectivity index (χ1n) is 22.6. The lowest BCUT2D eigenvalue weighted by Crippen LogP contribution is -2.48. The van der Waals surface area contributed by atoms with E-state index in [1.54, 1.807) is 29.2 Å². The summed E-state index contributed by atoms with van der Waals surface area (Å²) in [4.78, 5) is 82.2. The summed E-state index contributed by atoms with van der Waals surface area (Å²) in [6, 6.07) is 25.6. The Hall–Kier alpha value is -5.52. The van der Waals surface area contributed by atoms with Crippen LogP contribution in [0, 0.1) is 11.8 Å². The molecule has 12 heteroatoms. The van der Waals surface area contributed by atoms with Crippen LogP contribution in [0.5, 0.6) is 0 Å². The SMILES string of the molecule is CCCCCCNC(=O)[C@@H](CCNC(=O)c1ccc(C(=O)N2C[C@@H](C(=O)N[C@H]3C[C@@H]3c3ccccc3)[C@H](C(=O)N[C@H]3C[C@@H]3c3ccccc3)C2)cc1)NC(=O)CCCCCC. The van der Waals surface area contributed by atoms with Gasteiger partial charge >= 0.3 is 0 Å². The van der Waals surface area contributed by atoms with Crippen molar-refractivity contribution in [2.75, 3.05) is 26.2 Å². The molecule has 0 unspecified atom stereocenters. The molecule has 1 heterocycles. The van der Waals surface area contributed by atoms with Crippen molar-refractivity contribution in [1.29, 1.82) is 0 Å². The third kappa shape index (κ3) is 13.0. The van der Waals surface area contributed by atoms with Crippen LogP contribution in [0.1, 0.15) is 135 Å². The monoisotopic (exact) mass is 832 g/mol. The lowest BCUT2D eigenvalue weighted by molar-refractivity contribution is -0.133. The Labute approximate surface area is 360 Å². The minimum absolute atomic E-state index is 0.0182. The molecule has 3 aromatic carbocycles. The Balaban J connectivity index is 1.04. The number of carbonyl (C=O) groups excluding carboxylic acids is 6. The Morgan fingerprint density at radius 3 is 1.67 bits per heavy atom. The van der Waals surface area contributed by atoms with Crippen LogP contribution in [0.4, 0.5) is 0 Å². The van der Waals surface area contributed by atoms with Crippen molar-refractivity contribution in [3.63, 3.8) is 0 Å². The van der Waals surface area contributed by atoms with Gasteiger partial charge in [0.25, 0.3) is 11.8 Å². The number of benzene rings is 3. The number of carbonyl (C=O) groups is 6. The minimum Gasteiger partial charge on any atom is -0.354 e. The van der Waals surface area contributed by atoms with Gasteiger partial charge < -0.3 is 31.5 Å². The summed E-state index contributed by atoms with van der Waals surface area (Å²) in [5, 5.41) is 15.0. The highest BCUT2D eigenvalue weighted by atomic mass is 16.2. The van der Waals surface area contributed by atoms with Gasteiger partial charge in [-0.3, -0.25) is 28.8 Å². The number of hydrogen-bond donors (Lipinski definition) is 5. The second-order valence-electron chi connectivity index (χ2n) is 17.1. The number of rotatable bonds is 23. The molecule has 1 aliphatic heterocycles. The Morgan fingerprint density at radius 1 is 0.607 bits per heavy atom. The first-order valence-corrected chi connectivity index (χ1v) is 22.6. The van der Waals surface area contributed by atoms with Crippen LogP contribution in [-0.4, -0.2) is 84.6 Å². The number of amides is 6. The van der Waals surface area contributed by atoms with Crippen molar-refractivity contribution in [2.24, 2.45) is 11.8 Å². The van der Waals surface area contributed by atoms with E-state index in [4.69, 9.17) is 0 Å². The molecule has 0 spiro atoms. The first-order chi connectivity index (χ1) is 29.7. The van der Waals surface area contributed by atoms with Gasteiger partial charge in [0.2, 0.25) is 23.6 Å². The molecule has 3 aliphatic rings.